The number of nitriles is 2. The Kier molecular flexibility index (Phi) is 6.16. The second kappa shape index (κ2) is 6.61. The van der Waals surface area contributed by atoms with Gasteiger partial charge in [-0.3, -0.25) is 0 Å². The van der Waals surface area contributed by atoms with Crippen LogP contribution in [0.15, 0.2) is 0 Å². The average Bonchev–Trinajstić information content (AvgIpc) is 2.20. The van der Waals surface area contributed by atoms with Gasteiger partial charge in [0.05, 0.1) is 12.1 Å². The largest absolute Gasteiger partial charge is 0.398 e. The van der Waals surface area contributed by atoms with Gasteiger partial charge in [0.1, 0.15) is 0 Å². The molecule has 72 valence electrons. The van der Waals surface area contributed by atoms with E-state index in [4.69, 9.17) is 19.4 Å². The number of hydrogen-bond donors (Lipinski definition) is 0. The van der Waals surface area contributed by atoms with Crippen molar-refractivity contribution in [3.8, 4) is 12.1 Å². The first-order valence-electron chi connectivity index (χ1n) is 4.09. The second-order valence-corrected chi connectivity index (χ2v) is 6.27. The molecule has 13 heavy (non-hydrogen) atoms. The van der Waals surface area contributed by atoms with E-state index in [2.05, 4.69) is 12.1 Å². The summed E-state index contributed by atoms with van der Waals surface area (Å²) in [5.41, 5.74) is 0. The summed E-state index contributed by atoms with van der Waals surface area (Å²) in [6, 6.07) is 5.39. The van der Waals surface area contributed by atoms with Gasteiger partial charge in [0.2, 0.25) is 0 Å². The molecular formula is C8H14N2O2Si. The predicted octanol–water partition coefficient (Wildman–Crippen LogP) is 1.55. The Hall–Kier alpha value is -0.883. The molecule has 0 saturated heterocycles. The molecule has 0 rings (SSSR count). The molecule has 0 amide bonds. The third kappa shape index (κ3) is 4.04. The number of rotatable bonds is 6. The molecule has 0 N–H and O–H groups in total. The molecule has 0 aromatic rings. The Bertz CT molecular complexity index is 195. The Balaban J connectivity index is 4.16. The van der Waals surface area contributed by atoms with Crippen LogP contribution in [0.3, 0.4) is 0 Å². The highest BCUT2D eigenvalue weighted by Crippen LogP contribution is 2.20. The van der Waals surface area contributed by atoms with Gasteiger partial charge in [-0.05, 0) is 0 Å². The molecule has 0 aliphatic heterocycles. The van der Waals surface area contributed by atoms with Crippen molar-refractivity contribution < 1.29 is 8.85 Å². The van der Waals surface area contributed by atoms with Crippen LogP contribution in [-0.2, 0) is 8.85 Å². The quantitative estimate of drug-likeness (QED) is 0.607. The fourth-order valence-electron chi connectivity index (χ4n) is 1.11. The molecule has 0 aliphatic rings. The Labute approximate surface area is 79.9 Å². The maximum absolute atomic E-state index is 8.44. The van der Waals surface area contributed by atoms with Gasteiger partial charge in [-0.1, -0.05) is 0 Å². The van der Waals surface area contributed by atoms with E-state index in [1.165, 1.54) is 0 Å². The summed E-state index contributed by atoms with van der Waals surface area (Å²) in [6.45, 7) is 0. The maximum Gasteiger partial charge on any atom is 0.339 e. The van der Waals surface area contributed by atoms with E-state index < -0.39 is 8.56 Å². The molecule has 0 fully saturated rings. The van der Waals surface area contributed by atoms with Gasteiger partial charge in [-0.2, -0.15) is 10.5 Å². The SMILES string of the molecule is CO[Si](CCC#N)(CCC#N)OC. The molecule has 0 aliphatic carbocycles. The topological polar surface area (TPSA) is 66.0 Å². The van der Waals surface area contributed by atoms with Crippen LogP contribution in [0.2, 0.25) is 12.1 Å². The summed E-state index contributed by atoms with van der Waals surface area (Å²) in [6.07, 6.45) is 0.860. The van der Waals surface area contributed by atoms with Gasteiger partial charge in [-0.15, -0.1) is 0 Å². The van der Waals surface area contributed by atoms with Crippen molar-refractivity contribution in [1.29, 1.82) is 10.5 Å². The molecule has 0 aromatic heterocycles. The Morgan fingerprint density at radius 1 is 1.00 bits per heavy atom. The van der Waals surface area contributed by atoms with E-state index >= 15 is 0 Å². The standard InChI is InChI=1S/C8H14N2O2Si/c1-11-13(12-2,7-3-5-9)8-4-6-10/h3-4,7-8H2,1-2H3. The van der Waals surface area contributed by atoms with Crippen LogP contribution >= 0.6 is 0 Å². The third-order valence-corrected chi connectivity index (χ3v) is 5.49. The smallest absolute Gasteiger partial charge is 0.339 e. The molecule has 5 heteroatoms. The van der Waals surface area contributed by atoms with E-state index in [-0.39, 0.29) is 0 Å². The van der Waals surface area contributed by atoms with Gasteiger partial charge in [0.25, 0.3) is 0 Å². The van der Waals surface area contributed by atoms with Gasteiger partial charge in [0.15, 0.2) is 0 Å². The van der Waals surface area contributed by atoms with E-state index in [0.717, 1.165) is 0 Å². The summed E-state index contributed by atoms with van der Waals surface area (Å²) in [7, 11) is 0.945. The van der Waals surface area contributed by atoms with Crippen molar-refractivity contribution in [1.82, 2.24) is 0 Å². The Morgan fingerprint density at radius 3 is 1.62 bits per heavy atom. The first-order chi connectivity index (χ1) is 6.24. The summed E-state index contributed by atoms with van der Waals surface area (Å²) in [5.74, 6) is 0. The van der Waals surface area contributed by atoms with E-state index in [1.807, 2.05) is 0 Å². The molecule has 0 heterocycles. The van der Waals surface area contributed by atoms with Crippen LogP contribution in [0.5, 0.6) is 0 Å². The van der Waals surface area contributed by atoms with Crippen LogP contribution in [-0.4, -0.2) is 22.8 Å². The second-order valence-electron chi connectivity index (χ2n) is 2.64. The van der Waals surface area contributed by atoms with Crippen molar-refractivity contribution in [2.75, 3.05) is 14.2 Å². The van der Waals surface area contributed by atoms with Gasteiger partial charge in [0, 0.05) is 39.1 Å². The lowest BCUT2D eigenvalue weighted by atomic mass is 10.5. The van der Waals surface area contributed by atoms with Crippen molar-refractivity contribution >= 4 is 8.56 Å². The molecule has 0 bridgehead atoms. The van der Waals surface area contributed by atoms with Crippen molar-refractivity contribution in [2.45, 2.75) is 24.9 Å². The minimum atomic E-state index is -2.23. The normalized spacial score (nSPS) is 10.5. The fourth-order valence-corrected chi connectivity index (χ4v) is 3.33. The zero-order valence-electron chi connectivity index (χ0n) is 8.04. The highest BCUT2D eigenvalue weighted by atomic mass is 28.4. The molecule has 0 aromatic carbocycles. The summed E-state index contributed by atoms with van der Waals surface area (Å²) < 4.78 is 10.6. The summed E-state index contributed by atoms with van der Waals surface area (Å²) in [5, 5.41) is 16.9. The molecule has 0 unspecified atom stereocenters. The molecule has 0 saturated carbocycles. The first-order valence-corrected chi connectivity index (χ1v) is 6.32. The van der Waals surface area contributed by atoms with E-state index in [0.29, 0.717) is 24.9 Å². The highest BCUT2D eigenvalue weighted by Gasteiger charge is 2.34. The molecule has 4 nitrogen and oxygen atoms in total. The minimum Gasteiger partial charge on any atom is -0.398 e. The molecular weight excluding hydrogens is 184 g/mol. The first kappa shape index (κ1) is 12.1. The van der Waals surface area contributed by atoms with E-state index in [9.17, 15) is 0 Å². The van der Waals surface area contributed by atoms with Crippen LogP contribution in [0.25, 0.3) is 0 Å². The molecule has 0 radical (unpaired) electrons. The van der Waals surface area contributed by atoms with Gasteiger partial charge >= 0.3 is 8.56 Å². The molecule has 0 spiro atoms. The maximum atomic E-state index is 8.44. The monoisotopic (exact) mass is 198 g/mol. The lowest BCUT2D eigenvalue weighted by molar-refractivity contribution is 0.242. The van der Waals surface area contributed by atoms with E-state index in [1.54, 1.807) is 14.2 Å². The third-order valence-electron chi connectivity index (χ3n) is 1.98. The van der Waals surface area contributed by atoms with Crippen molar-refractivity contribution in [3.63, 3.8) is 0 Å². The summed E-state index contributed by atoms with van der Waals surface area (Å²) in [4.78, 5) is 0. The van der Waals surface area contributed by atoms with Gasteiger partial charge < -0.3 is 8.85 Å². The summed E-state index contributed by atoms with van der Waals surface area (Å²) >= 11 is 0. The number of hydrogen-bond acceptors (Lipinski definition) is 4. The van der Waals surface area contributed by atoms with Crippen LogP contribution in [0.4, 0.5) is 0 Å². The lowest BCUT2D eigenvalue weighted by Gasteiger charge is -2.25. The lowest BCUT2D eigenvalue weighted by Crippen LogP contribution is -2.39. The van der Waals surface area contributed by atoms with Crippen LogP contribution < -0.4 is 0 Å². The van der Waals surface area contributed by atoms with Crippen LogP contribution in [0, 0.1) is 22.7 Å². The van der Waals surface area contributed by atoms with Gasteiger partial charge in [-0.25, -0.2) is 0 Å². The molecule has 0 atom stereocenters. The average molecular weight is 198 g/mol. The highest BCUT2D eigenvalue weighted by molar-refractivity contribution is 6.67. The fraction of sp³-hybridized carbons (Fsp3) is 0.750. The van der Waals surface area contributed by atoms with Crippen molar-refractivity contribution in [2.24, 2.45) is 0 Å². The number of nitrogens with zero attached hydrogens (tertiary/aromatic N) is 2. The van der Waals surface area contributed by atoms with Crippen molar-refractivity contribution in [3.05, 3.63) is 0 Å². The van der Waals surface area contributed by atoms with Crippen LogP contribution in [0.1, 0.15) is 12.8 Å². The zero-order valence-corrected chi connectivity index (χ0v) is 9.04. The Morgan fingerprint density at radius 2 is 1.38 bits per heavy atom. The zero-order chi connectivity index (χ0) is 10.2. The predicted molar refractivity (Wildman–Crippen MR) is 49.8 cm³/mol. The minimum absolute atomic E-state index is 0.430.